The molecule has 6 heteroatoms. The molecule has 1 aliphatic heterocycles. The van der Waals surface area contributed by atoms with Gasteiger partial charge in [0.1, 0.15) is 11.9 Å². The SMILES string of the molecule is CCOCc1cccc(C(=O)NC2C3CC(C(C)=O)CCC3OC(C)(C)[C@@H]2O)c1. The lowest BCUT2D eigenvalue weighted by Gasteiger charge is -2.52. The zero-order valence-corrected chi connectivity index (χ0v) is 17.8. The number of aliphatic hydroxyl groups excluding tert-OH is 1. The molecule has 1 saturated carbocycles. The first-order chi connectivity index (χ1) is 13.7. The number of benzene rings is 1. The Hall–Kier alpha value is -1.76. The van der Waals surface area contributed by atoms with Crippen molar-refractivity contribution in [3.8, 4) is 0 Å². The second-order valence-corrected chi connectivity index (χ2v) is 8.83. The van der Waals surface area contributed by atoms with Gasteiger partial charge in [0.25, 0.3) is 5.91 Å². The first kappa shape index (κ1) is 21.9. The molecule has 1 saturated heterocycles. The van der Waals surface area contributed by atoms with Crippen molar-refractivity contribution in [3.63, 3.8) is 0 Å². The summed E-state index contributed by atoms with van der Waals surface area (Å²) in [6.45, 7) is 8.32. The van der Waals surface area contributed by atoms with Gasteiger partial charge in [-0.15, -0.1) is 0 Å². The number of nitrogens with one attached hydrogen (secondary N) is 1. The van der Waals surface area contributed by atoms with Gasteiger partial charge >= 0.3 is 0 Å². The van der Waals surface area contributed by atoms with Crippen molar-refractivity contribution >= 4 is 11.7 Å². The number of Topliss-reactive ketones (excluding diaryl/α,β-unsaturated/α-hetero) is 1. The lowest BCUT2D eigenvalue weighted by atomic mass is 9.69. The van der Waals surface area contributed by atoms with Crippen molar-refractivity contribution in [2.75, 3.05) is 6.61 Å². The fourth-order valence-corrected chi connectivity index (χ4v) is 4.64. The van der Waals surface area contributed by atoms with Crippen molar-refractivity contribution in [1.82, 2.24) is 5.32 Å². The average molecular weight is 404 g/mol. The van der Waals surface area contributed by atoms with E-state index in [2.05, 4.69) is 5.32 Å². The summed E-state index contributed by atoms with van der Waals surface area (Å²) in [6.07, 6.45) is 1.26. The minimum absolute atomic E-state index is 0.0396. The summed E-state index contributed by atoms with van der Waals surface area (Å²) in [6, 6.07) is 6.88. The molecular formula is C23H33NO5. The second-order valence-electron chi connectivity index (χ2n) is 8.83. The Labute approximate surface area is 173 Å². The maximum absolute atomic E-state index is 13.0. The minimum atomic E-state index is -0.856. The maximum Gasteiger partial charge on any atom is 0.251 e. The van der Waals surface area contributed by atoms with Gasteiger partial charge in [-0.25, -0.2) is 0 Å². The Morgan fingerprint density at radius 3 is 2.76 bits per heavy atom. The maximum atomic E-state index is 13.0. The Morgan fingerprint density at radius 2 is 2.07 bits per heavy atom. The number of carbonyl (C=O) groups excluding carboxylic acids is 2. The molecule has 29 heavy (non-hydrogen) atoms. The zero-order chi connectivity index (χ0) is 21.2. The molecule has 0 radical (unpaired) electrons. The van der Waals surface area contributed by atoms with Gasteiger partial charge in [0.15, 0.2) is 0 Å². The van der Waals surface area contributed by atoms with Crippen LogP contribution < -0.4 is 5.32 Å². The van der Waals surface area contributed by atoms with Crippen LogP contribution in [0, 0.1) is 11.8 Å². The Morgan fingerprint density at radius 1 is 1.31 bits per heavy atom. The second kappa shape index (κ2) is 8.94. The molecule has 5 atom stereocenters. The standard InChI is InChI=1S/C23H33NO5/c1-5-28-13-15-7-6-8-17(11-15)22(27)24-20-18-12-16(14(2)25)9-10-19(18)29-23(3,4)21(20)26/h6-8,11,16,18-21,26H,5,9-10,12-13H2,1-4H3,(H,24,27)/t16?,18?,19?,20?,21-/m1/s1. The van der Waals surface area contributed by atoms with Crippen molar-refractivity contribution < 1.29 is 24.2 Å². The normalized spacial score (nSPS) is 31.0. The van der Waals surface area contributed by atoms with Crippen LogP contribution in [-0.4, -0.2) is 47.3 Å². The number of amides is 1. The molecular weight excluding hydrogens is 370 g/mol. The topological polar surface area (TPSA) is 84.9 Å². The van der Waals surface area contributed by atoms with Crippen LogP contribution in [0.4, 0.5) is 0 Å². The summed E-state index contributed by atoms with van der Waals surface area (Å²) in [7, 11) is 0. The summed E-state index contributed by atoms with van der Waals surface area (Å²) < 4.78 is 11.6. The van der Waals surface area contributed by atoms with Crippen molar-refractivity contribution in [3.05, 3.63) is 35.4 Å². The van der Waals surface area contributed by atoms with Crippen LogP contribution in [0.1, 0.15) is 62.9 Å². The zero-order valence-electron chi connectivity index (χ0n) is 17.8. The Balaban J connectivity index is 1.80. The highest BCUT2D eigenvalue weighted by molar-refractivity contribution is 5.94. The third kappa shape index (κ3) is 4.87. The van der Waals surface area contributed by atoms with Crippen molar-refractivity contribution in [2.45, 2.75) is 77.4 Å². The van der Waals surface area contributed by atoms with Gasteiger partial charge in [-0.1, -0.05) is 12.1 Å². The first-order valence-electron chi connectivity index (χ1n) is 10.6. The van der Waals surface area contributed by atoms with E-state index in [9.17, 15) is 14.7 Å². The summed E-state index contributed by atoms with van der Waals surface area (Å²) in [5, 5.41) is 14.0. The number of ketones is 1. The van der Waals surface area contributed by atoms with Crippen LogP contribution in [0.2, 0.25) is 0 Å². The van der Waals surface area contributed by atoms with E-state index in [0.29, 0.717) is 25.2 Å². The fraction of sp³-hybridized carbons (Fsp3) is 0.652. The molecule has 6 nitrogen and oxygen atoms in total. The van der Waals surface area contributed by atoms with Gasteiger partial charge in [0, 0.05) is 24.0 Å². The molecule has 1 heterocycles. The minimum Gasteiger partial charge on any atom is -0.388 e. The van der Waals surface area contributed by atoms with E-state index in [0.717, 1.165) is 18.4 Å². The number of carbonyl (C=O) groups is 2. The van der Waals surface area contributed by atoms with Gasteiger partial charge < -0.3 is 19.9 Å². The molecule has 3 rings (SSSR count). The summed E-state index contributed by atoms with van der Waals surface area (Å²) in [5.74, 6) is -0.191. The van der Waals surface area contributed by atoms with Gasteiger partial charge in [0.05, 0.1) is 24.4 Å². The fourth-order valence-electron chi connectivity index (χ4n) is 4.64. The van der Waals surface area contributed by atoms with Crippen LogP contribution in [0.5, 0.6) is 0 Å². The molecule has 2 N–H and O–H groups in total. The number of aliphatic hydroxyl groups is 1. The molecule has 0 spiro atoms. The van der Waals surface area contributed by atoms with Gasteiger partial charge in [-0.05, 0) is 64.7 Å². The molecule has 2 aliphatic rings. The van der Waals surface area contributed by atoms with Gasteiger partial charge in [-0.3, -0.25) is 9.59 Å². The molecule has 2 fully saturated rings. The van der Waals surface area contributed by atoms with E-state index < -0.39 is 17.7 Å². The van der Waals surface area contributed by atoms with Crippen LogP contribution in [0.3, 0.4) is 0 Å². The quantitative estimate of drug-likeness (QED) is 0.763. The monoisotopic (exact) mass is 403 g/mol. The Kier molecular flexibility index (Phi) is 6.76. The third-order valence-electron chi connectivity index (χ3n) is 6.34. The van der Waals surface area contributed by atoms with Crippen LogP contribution in [0.25, 0.3) is 0 Å². The highest BCUT2D eigenvalue weighted by Gasteiger charge is 2.51. The predicted molar refractivity (Wildman–Crippen MR) is 109 cm³/mol. The van der Waals surface area contributed by atoms with Crippen LogP contribution in [-0.2, 0) is 20.9 Å². The Bertz CT molecular complexity index is 747. The summed E-state index contributed by atoms with van der Waals surface area (Å²) in [4.78, 5) is 25.0. The highest BCUT2D eigenvalue weighted by Crippen LogP contribution is 2.42. The van der Waals surface area contributed by atoms with E-state index in [1.165, 1.54) is 0 Å². The lowest BCUT2D eigenvalue weighted by Crippen LogP contribution is -2.65. The van der Waals surface area contributed by atoms with E-state index in [1.807, 2.05) is 39.0 Å². The number of fused-ring (bicyclic) bond motifs is 1. The number of hydrogen-bond acceptors (Lipinski definition) is 5. The molecule has 0 aromatic heterocycles. The molecule has 1 aliphatic carbocycles. The molecule has 160 valence electrons. The smallest absolute Gasteiger partial charge is 0.251 e. The van der Waals surface area contributed by atoms with E-state index in [-0.39, 0.29) is 29.6 Å². The molecule has 0 bridgehead atoms. The van der Waals surface area contributed by atoms with Crippen LogP contribution >= 0.6 is 0 Å². The van der Waals surface area contributed by atoms with Gasteiger partial charge in [-0.2, -0.15) is 0 Å². The number of rotatable bonds is 6. The molecule has 1 aromatic rings. The molecule has 4 unspecified atom stereocenters. The molecule has 1 amide bonds. The molecule has 1 aromatic carbocycles. The van der Waals surface area contributed by atoms with Crippen LogP contribution in [0.15, 0.2) is 24.3 Å². The van der Waals surface area contributed by atoms with E-state index in [4.69, 9.17) is 9.47 Å². The lowest BCUT2D eigenvalue weighted by molar-refractivity contribution is -0.217. The van der Waals surface area contributed by atoms with Crippen molar-refractivity contribution in [1.29, 1.82) is 0 Å². The first-order valence-corrected chi connectivity index (χ1v) is 10.6. The summed E-state index contributed by atoms with van der Waals surface area (Å²) >= 11 is 0. The van der Waals surface area contributed by atoms with E-state index in [1.54, 1.807) is 13.0 Å². The highest BCUT2D eigenvalue weighted by atomic mass is 16.5. The van der Waals surface area contributed by atoms with Crippen molar-refractivity contribution in [2.24, 2.45) is 11.8 Å². The average Bonchev–Trinajstić information content (AvgIpc) is 2.69. The summed E-state index contributed by atoms with van der Waals surface area (Å²) in [5.41, 5.74) is 0.702. The number of ether oxygens (including phenoxy) is 2. The number of hydrogen-bond donors (Lipinski definition) is 2. The largest absolute Gasteiger partial charge is 0.388 e. The third-order valence-corrected chi connectivity index (χ3v) is 6.34. The predicted octanol–water partition coefficient (Wildman–Crippen LogP) is 2.87. The van der Waals surface area contributed by atoms with E-state index >= 15 is 0 Å². The van der Waals surface area contributed by atoms with Gasteiger partial charge in [0.2, 0.25) is 0 Å².